The number of H-pyrrole nitrogens is 1. The van der Waals surface area contributed by atoms with E-state index in [2.05, 4.69) is 46.6 Å². The van der Waals surface area contributed by atoms with Crippen molar-refractivity contribution in [2.45, 2.75) is 20.8 Å². The predicted molar refractivity (Wildman–Crippen MR) is 120 cm³/mol. The van der Waals surface area contributed by atoms with Gasteiger partial charge in [-0.3, -0.25) is 20.2 Å². The molecule has 2 aromatic carbocycles. The van der Waals surface area contributed by atoms with Gasteiger partial charge in [0.05, 0.1) is 12.8 Å². The lowest BCUT2D eigenvalue weighted by atomic mass is 9.97. The fourth-order valence-corrected chi connectivity index (χ4v) is 2.63. The summed E-state index contributed by atoms with van der Waals surface area (Å²) < 4.78 is 18.3. The Hall–Kier alpha value is -3.68. The van der Waals surface area contributed by atoms with E-state index in [-0.39, 0.29) is 23.1 Å². The summed E-state index contributed by atoms with van der Waals surface area (Å²) in [7, 11) is 1.57. The van der Waals surface area contributed by atoms with Crippen LogP contribution >= 0.6 is 0 Å². The number of aromatic nitrogens is 2. The van der Waals surface area contributed by atoms with Gasteiger partial charge in [0.15, 0.2) is 5.82 Å². The van der Waals surface area contributed by atoms with Crippen LogP contribution in [-0.2, 0) is 0 Å². The lowest BCUT2D eigenvalue weighted by molar-refractivity contribution is 0.0976. The summed E-state index contributed by atoms with van der Waals surface area (Å²) in [6, 6.07) is 14.6. The minimum absolute atomic E-state index is 0.0668. The molecule has 0 aliphatic rings. The van der Waals surface area contributed by atoms with E-state index >= 15 is 0 Å². The van der Waals surface area contributed by atoms with Crippen molar-refractivity contribution in [3.8, 4) is 17.0 Å². The van der Waals surface area contributed by atoms with E-state index in [1.165, 1.54) is 12.1 Å². The summed E-state index contributed by atoms with van der Waals surface area (Å²) in [5.74, 6) is 0.813. The van der Waals surface area contributed by atoms with Crippen molar-refractivity contribution >= 4 is 17.7 Å². The fourth-order valence-electron chi connectivity index (χ4n) is 2.63. The third-order valence-corrected chi connectivity index (χ3v) is 4.28. The van der Waals surface area contributed by atoms with Crippen LogP contribution in [0.4, 0.5) is 10.2 Å². The first-order chi connectivity index (χ1) is 14.7. The summed E-state index contributed by atoms with van der Waals surface area (Å²) in [5.41, 5.74) is 1.90. The van der Waals surface area contributed by atoms with E-state index in [0.717, 1.165) is 5.56 Å². The lowest BCUT2D eigenvalue weighted by Crippen LogP contribution is -2.37. The molecule has 162 valence electrons. The van der Waals surface area contributed by atoms with Crippen molar-refractivity contribution < 1.29 is 13.9 Å². The van der Waals surface area contributed by atoms with Gasteiger partial charge in [-0.1, -0.05) is 20.8 Å². The number of hydrogen-bond acceptors (Lipinski definition) is 4. The van der Waals surface area contributed by atoms with E-state index in [1.54, 1.807) is 49.6 Å². The number of hydrogen-bond donors (Lipinski definition) is 3. The predicted octanol–water partition coefficient (Wildman–Crippen LogP) is 4.47. The number of ether oxygens (including phenoxy) is 1. The Morgan fingerprint density at radius 1 is 1.13 bits per heavy atom. The van der Waals surface area contributed by atoms with Gasteiger partial charge in [-0.25, -0.2) is 4.39 Å². The summed E-state index contributed by atoms with van der Waals surface area (Å²) in [6.45, 7) is 6.66. The number of aliphatic imine (C=N–C) groups is 1. The molecule has 8 heteroatoms. The van der Waals surface area contributed by atoms with Crippen LogP contribution in [0, 0.1) is 11.2 Å². The van der Waals surface area contributed by atoms with Gasteiger partial charge in [0.2, 0.25) is 5.96 Å². The number of carbonyl (C=O) groups is 1. The Morgan fingerprint density at radius 3 is 2.42 bits per heavy atom. The SMILES string of the molecule is COc1ccc(C(=O)NC(=NCC(C)(C)C)Nc2cc(-c3ccc(F)cc3)[nH]n2)cc1. The first kappa shape index (κ1) is 22.0. The number of aromatic amines is 1. The Balaban J connectivity index is 1.77. The minimum Gasteiger partial charge on any atom is -0.497 e. The van der Waals surface area contributed by atoms with E-state index < -0.39 is 0 Å². The topological polar surface area (TPSA) is 91.4 Å². The molecule has 0 spiro atoms. The molecule has 0 atom stereocenters. The highest BCUT2D eigenvalue weighted by molar-refractivity contribution is 6.09. The molecule has 3 aromatic rings. The van der Waals surface area contributed by atoms with Gasteiger partial charge in [0, 0.05) is 18.2 Å². The van der Waals surface area contributed by atoms with Crippen molar-refractivity contribution in [2.24, 2.45) is 10.4 Å². The summed E-state index contributed by atoms with van der Waals surface area (Å²) >= 11 is 0. The minimum atomic E-state index is -0.308. The number of anilines is 1. The second kappa shape index (κ2) is 9.42. The molecule has 7 nitrogen and oxygen atoms in total. The Bertz CT molecular complexity index is 1050. The zero-order valence-electron chi connectivity index (χ0n) is 18.0. The summed E-state index contributed by atoms with van der Waals surface area (Å²) in [4.78, 5) is 17.2. The lowest BCUT2D eigenvalue weighted by Gasteiger charge is -2.16. The van der Waals surface area contributed by atoms with Gasteiger partial charge in [0.1, 0.15) is 11.6 Å². The first-order valence-electron chi connectivity index (χ1n) is 9.82. The van der Waals surface area contributed by atoms with Crippen molar-refractivity contribution in [2.75, 3.05) is 19.0 Å². The second-order valence-electron chi connectivity index (χ2n) is 8.21. The highest BCUT2D eigenvalue weighted by Gasteiger charge is 2.14. The number of nitrogens with one attached hydrogen (secondary N) is 3. The largest absolute Gasteiger partial charge is 0.497 e. The molecule has 1 amide bonds. The molecule has 0 aliphatic heterocycles. The number of nitrogens with zero attached hydrogens (tertiary/aromatic N) is 2. The van der Waals surface area contributed by atoms with Gasteiger partial charge in [-0.05, 0) is 59.5 Å². The molecule has 1 aromatic heterocycles. The number of rotatable bonds is 5. The van der Waals surface area contributed by atoms with Crippen LogP contribution in [0.15, 0.2) is 59.6 Å². The standard InChI is InChI=1S/C23H26FN5O2/c1-23(2,3)14-25-22(27-21(30)16-7-11-18(31-4)12-8-16)26-20-13-19(28-29-20)15-5-9-17(24)10-6-15/h5-13H,14H2,1-4H3,(H3,25,26,27,28,29,30). The molecule has 0 unspecified atom stereocenters. The summed E-state index contributed by atoms with van der Waals surface area (Å²) in [5, 5.41) is 13.0. The molecule has 0 saturated heterocycles. The van der Waals surface area contributed by atoms with Crippen molar-refractivity contribution in [1.29, 1.82) is 0 Å². The van der Waals surface area contributed by atoms with Crippen LogP contribution in [0.25, 0.3) is 11.3 Å². The molecule has 0 bridgehead atoms. The molecule has 1 heterocycles. The van der Waals surface area contributed by atoms with Gasteiger partial charge in [0.25, 0.3) is 5.91 Å². The molecule has 3 N–H and O–H groups in total. The van der Waals surface area contributed by atoms with E-state index in [0.29, 0.717) is 29.4 Å². The van der Waals surface area contributed by atoms with Gasteiger partial charge < -0.3 is 10.1 Å². The Labute approximate surface area is 180 Å². The number of amides is 1. The molecular formula is C23H26FN5O2. The Kier molecular flexibility index (Phi) is 6.69. The monoisotopic (exact) mass is 423 g/mol. The van der Waals surface area contributed by atoms with Crippen LogP contribution in [0.1, 0.15) is 31.1 Å². The first-order valence-corrected chi connectivity index (χ1v) is 9.82. The van der Waals surface area contributed by atoms with Crippen LogP contribution in [0.3, 0.4) is 0 Å². The van der Waals surface area contributed by atoms with Crippen LogP contribution < -0.4 is 15.4 Å². The van der Waals surface area contributed by atoms with Crippen molar-refractivity contribution in [1.82, 2.24) is 15.5 Å². The normalized spacial score (nSPS) is 11.8. The van der Waals surface area contributed by atoms with Crippen molar-refractivity contribution in [3.63, 3.8) is 0 Å². The fraction of sp³-hybridized carbons (Fsp3) is 0.261. The summed E-state index contributed by atoms with van der Waals surface area (Å²) in [6.07, 6.45) is 0. The van der Waals surface area contributed by atoms with Crippen molar-refractivity contribution in [3.05, 3.63) is 66.0 Å². The van der Waals surface area contributed by atoms with Crippen LogP contribution in [0.5, 0.6) is 5.75 Å². The average Bonchev–Trinajstić information content (AvgIpc) is 3.20. The molecule has 0 aliphatic carbocycles. The average molecular weight is 423 g/mol. The van der Waals surface area contributed by atoms with Gasteiger partial charge in [-0.2, -0.15) is 5.10 Å². The maximum absolute atomic E-state index is 13.2. The number of benzene rings is 2. The number of guanidine groups is 1. The van der Waals surface area contributed by atoms with Gasteiger partial charge in [-0.15, -0.1) is 0 Å². The third-order valence-electron chi connectivity index (χ3n) is 4.28. The van der Waals surface area contributed by atoms with Gasteiger partial charge >= 0.3 is 0 Å². The van der Waals surface area contributed by atoms with E-state index in [1.807, 2.05) is 0 Å². The molecular weight excluding hydrogens is 397 g/mol. The van der Waals surface area contributed by atoms with E-state index in [9.17, 15) is 9.18 Å². The van der Waals surface area contributed by atoms with E-state index in [4.69, 9.17) is 4.74 Å². The Morgan fingerprint density at radius 2 is 1.81 bits per heavy atom. The molecule has 0 fully saturated rings. The maximum Gasteiger partial charge on any atom is 0.257 e. The van der Waals surface area contributed by atoms with Crippen LogP contribution in [0.2, 0.25) is 0 Å². The maximum atomic E-state index is 13.2. The molecule has 0 radical (unpaired) electrons. The number of methoxy groups -OCH3 is 1. The zero-order valence-corrected chi connectivity index (χ0v) is 18.0. The third kappa shape index (κ3) is 6.40. The smallest absolute Gasteiger partial charge is 0.257 e. The second-order valence-corrected chi connectivity index (χ2v) is 8.21. The number of halogens is 1. The quantitative estimate of drug-likeness (QED) is 0.417. The molecule has 3 rings (SSSR count). The zero-order chi connectivity index (χ0) is 22.4. The van der Waals surface area contributed by atoms with Crippen LogP contribution in [-0.4, -0.2) is 35.7 Å². The number of carbonyl (C=O) groups excluding carboxylic acids is 1. The highest BCUT2D eigenvalue weighted by Crippen LogP contribution is 2.20. The molecule has 0 saturated carbocycles. The molecule has 31 heavy (non-hydrogen) atoms. The highest BCUT2D eigenvalue weighted by atomic mass is 19.1.